The highest BCUT2D eigenvalue weighted by Gasteiger charge is 2.18. The van der Waals surface area contributed by atoms with E-state index in [4.69, 9.17) is 4.74 Å². The first-order chi connectivity index (χ1) is 14.8. The van der Waals surface area contributed by atoms with E-state index in [2.05, 4.69) is 32.2 Å². The van der Waals surface area contributed by atoms with Crippen LogP contribution in [0.2, 0.25) is 0 Å². The fourth-order valence-corrected chi connectivity index (χ4v) is 4.31. The second kappa shape index (κ2) is 10.4. The number of ether oxygens (including phenoxy) is 1. The molecule has 1 aromatic heterocycles. The van der Waals surface area contributed by atoms with Gasteiger partial charge in [0.15, 0.2) is 5.16 Å². The van der Waals surface area contributed by atoms with E-state index < -0.39 is 0 Å². The summed E-state index contributed by atoms with van der Waals surface area (Å²) in [6.07, 6.45) is 3.90. The minimum Gasteiger partial charge on any atom is -0.376 e. The number of nitrogens with one attached hydrogen (secondary N) is 1. The van der Waals surface area contributed by atoms with Gasteiger partial charge in [0.1, 0.15) is 5.82 Å². The van der Waals surface area contributed by atoms with Crippen LogP contribution < -0.4 is 5.32 Å². The van der Waals surface area contributed by atoms with Gasteiger partial charge < -0.3 is 10.1 Å². The molecule has 4 rings (SSSR count). The number of carbonyl (C=O) groups is 1. The normalized spacial score (nSPS) is 15.9. The van der Waals surface area contributed by atoms with Crippen LogP contribution in [0.25, 0.3) is 5.69 Å². The molecule has 1 aliphatic rings. The van der Waals surface area contributed by atoms with Gasteiger partial charge in [-0.1, -0.05) is 60.3 Å². The highest BCUT2D eigenvalue weighted by molar-refractivity contribution is 7.99. The Hall–Kier alpha value is -2.64. The predicted octanol–water partition coefficient (Wildman–Crippen LogP) is 3.44. The number of aromatic nitrogens is 3. The third-order valence-corrected chi connectivity index (χ3v) is 6.01. The van der Waals surface area contributed by atoms with E-state index in [9.17, 15) is 4.79 Å². The first-order valence-electron chi connectivity index (χ1n) is 10.3. The summed E-state index contributed by atoms with van der Waals surface area (Å²) in [5, 5.41) is 12.5. The van der Waals surface area contributed by atoms with Crippen molar-refractivity contribution in [2.45, 2.75) is 36.9 Å². The number of hydrogen-bond donors (Lipinski definition) is 1. The maximum Gasteiger partial charge on any atom is 0.230 e. The van der Waals surface area contributed by atoms with Gasteiger partial charge in [0.05, 0.1) is 11.9 Å². The Labute approximate surface area is 181 Å². The van der Waals surface area contributed by atoms with E-state index in [1.165, 1.54) is 17.3 Å². The molecule has 1 N–H and O–H groups in total. The average molecular weight is 423 g/mol. The molecule has 3 aromatic rings. The summed E-state index contributed by atoms with van der Waals surface area (Å²) in [5.41, 5.74) is 2.27. The molecule has 1 aliphatic heterocycles. The van der Waals surface area contributed by atoms with Crippen LogP contribution in [0.5, 0.6) is 0 Å². The van der Waals surface area contributed by atoms with Crippen molar-refractivity contribution in [1.29, 1.82) is 0 Å². The molecule has 0 radical (unpaired) electrons. The maximum absolute atomic E-state index is 12.3. The highest BCUT2D eigenvalue weighted by Crippen LogP contribution is 2.23. The van der Waals surface area contributed by atoms with E-state index >= 15 is 0 Å². The van der Waals surface area contributed by atoms with Crippen molar-refractivity contribution < 1.29 is 9.53 Å². The number of rotatable bonds is 9. The minimum absolute atomic E-state index is 0.0102. The number of amides is 1. The molecule has 1 amide bonds. The fourth-order valence-electron chi connectivity index (χ4n) is 3.51. The van der Waals surface area contributed by atoms with Crippen molar-refractivity contribution in [2.24, 2.45) is 0 Å². The van der Waals surface area contributed by atoms with Gasteiger partial charge in [-0.15, -0.1) is 10.2 Å². The molecule has 30 heavy (non-hydrogen) atoms. The van der Waals surface area contributed by atoms with Crippen molar-refractivity contribution in [3.8, 4) is 5.69 Å². The van der Waals surface area contributed by atoms with Crippen LogP contribution in [-0.2, 0) is 22.4 Å². The van der Waals surface area contributed by atoms with E-state index in [1.54, 1.807) is 0 Å². The van der Waals surface area contributed by atoms with Crippen molar-refractivity contribution in [3.05, 3.63) is 72.1 Å². The molecular weight excluding hydrogens is 396 g/mol. The van der Waals surface area contributed by atoms with Gasteiger partial charge >= 0.3 is 0 Å². The van der Waals surface area contributed by atoms with Crippen LogP contribution in [0.15, 0.2) is 65.8 Å². The zero-order chi connectivity index (χ0) is 20.6. The lowest BCUT2D eigenvalue weighted by Gasteiger charge is -2.12. The number of benzene rings is 2. The maximum atomic E-state index is 12.3. The van der Waals surface area contributed by atoms with E-state index in [0.717, 1.165) is 49.0 Å². The predicted molar refractivity (Wildman–Crippen MR) is 118 cm³/mol. The van der Waals surface area contributed by atoms with E-state index in [-0.39, 0.29) is 12.0 Å². The molecule has 7 heteroatoms. The standard InChI is InChI=1S/C23H26N4O2S/c28-22(24-16-20-12-7-15-29-20)17-30-23-26-25-21(14-13-18-8-3-1-4-9-18)27(23)19-10-5-2-6-11-19/h1-6,8-11,20H,7,12-17H2,(H,24,28)/t20-/m0/s1. The van der Waals surface area contributed by atoms with Gasteiger partial charge in [-0.3, -0.25) is 9.36 Å². The molecule has 1 atom stereocenters. The zero-order valence-electron chi connectivity index (χ0n) is 16.9. The van der Waals surface area contributed by atoms with Gasteiger partial charge in [-0.25, -0.2) is 0 Å². The van der Waals surface area contributed by atoms with E-state index in [1.807, 2.05) is 48.5 Å². The Bertz CT molecular complexity index is 940. The lowest BCUT2D eigenvalue weighted by Crippen LogP contribution is -2.32. The van der Waals surface area contributed by atoms with Crippen molar-refractivity contribution in [2.75, 3.05) is 18.9 Å². The molecule has 0 spiro atoms. The fraction of sp³-hybridized carbons (Fsp3) is 0.348. The van der Waals surface area contributed by atoms with Crippen LogP contribution in [0.1, 0.15) is 24.2 Å². The number of aryl methyl sites for hydroxylation is 2. The van der Waals surface area contributed by atoms with Crippen LogP contribution >= 0.6 is 11.8 Å². The Morgan fingerprint density at radius 1 is 1.07 bits per heavy atom. The third-order valence-electron chi connectivity index (χ3n) is 5.08. The topological polar surface area (TPSA) is 69.0 Å². The third kappa shape index (κ3) is 5.49. The molecule has 156 valence electrons. The summed E-state index contributed by atoms with van der Waals surface area (Å²) in [7, 11) is 0. The number of nitrogens with zero attached hydrogens (tertiary/aromatic N) is 3. The molecule has 6 nitrogen and oxygen atoms in total. The van der Waals surface area contributed by atoms with E-state index in [0.29, 0.717) is 12.3 Å². The lowest BCUT2D eigenvalue weighted by atomic mass is 10.1. The zero-order valence-corrected chi connectivity index (χ0v) is 17.7. The number of hydrogen-bond acceptors (Lipinski definition) is 5. The molecule has 1 fully saturated rings. The summed E-state index contributed by atoms with van der Waals surface area (Å²) in [6.45, 7) is 1.37. The monoisotopic (exact) mass is 422 g/mol. The summed E-state index contributed by atoms with van der Waals surface area (Å²) < 4.78 is 7.62. The molecule has 0 bridgehead atoms. The molecule has 0 saturated carbocycles. The van der Waals surface area contributed by atoms with Crippen molar-refractivity contribution >= 4 is 17.7 Å². The molecule has 0 unspecified atom stereocenters. The summed E-state index contributed by atoms with van der Waals surface area (Å²) in [4.78, 5) is 12.3. The van der Waals surface area contributed by atoms with Crippen LogP contribution in [0, 0.1) is 0 Å². The van der Waals surface area contributed by atoms with Crippen LogP contribution in [-0.4, -0.2) is 45.7 Å². The smallest absolute Gasteiger partial charge is 0.230 e. The molecule has 2 aromatic carbocycles. The quantitative estimate of drug-likeness (QED) is 0.535. The lowest BCUT2D eigenvalue weighted by molar-refractivity contribution is -0.119. The van der Waals surface area contributed by atoms with Gasteiger partial charge in [0.25, 0.3) is 0 Å². The SMILES string of the molecule is O=C(CSc1nnc(CCc2ccccc2)n1-c1ccccc1)NC[C@@H]1CCCO1. The number of carbonyl (C=O) groups excluding carboxylic acids is 1. The molecular formula is C23H26N4O2S. The van der Waals surface area contributed by atoms with Gasteiger partial charge in [-0.2, -0.15) is 0 Å². The Kier molecular flexibility index (Phi) is 7.16. The largest absolute Gasteiger partial charge is 0.376 e. The second-order valence-corrected chi connectivity index (χ2v) is 8.23. The molecule has 0 aliphatic carbocycles. The van der Waals surface area contributed by atoms with Crippen molar-refractivity contribution in [1.82, 2.24) is 20.1 Å². The first kappa shape index (κ1) is 20.6. The Balaban J connectivity index is 1.42. The van der Waals surface area contributed by atoms with Gasteiger partial charge in [-0.05, 0) is 37.0 Å². The minimum atomic E-state index is -0.0102. The Morgan fingerprint density at radius 2 is 1.83 bits per heavy atom. The number of thioether (sulfide) groups is 1. The van der Waals surface area contributed by atoms with Crippen LogP contribution in [0.3, 0.4) is 0 Å². The second-order valence-electron chi connectivity index (χ2n) is 7.28. The van der Waals surface area contributed by atoms with Gasteiger partial charge in [0, 0.05) is 25.3 Å². The summed E-state index contributed by atoms with van der Waals surface area (Å²) in [6, 6.07) is 20.4. The molecule has 2 heterocycles. The first-order valence-corrected chi connectivity index (χ1v) is 11.3. The summed E-state index contributed by atoms with van der Waals surface area (Å²) in [5.74, 6) is 1.19. The Morgan fingerprint density at radius 3 is 2.57 bits per heavy atom. The highest BCUT2D eigenvalue weighted by atomic mass is 32.2. The van der Waals surface area contributed by atoms with Crippen molar-refractivity contribution in [3.63, 3.8) is 0 Å². The average Bonchev–Trinajstić information content (AvgIpc) is 3.46. The molecule has 1 saturated heterocycles. The summed E-state index contributed by atoms with van der Waals surface area (Å²) >= 11 is 1.41. The van der Waals surface area contributed by atoms with Gasteiger partial charge in [0.2, 0.25) is 5.91 Å². The van der Waals surface area contributed by atoms with Crippen LogP contribution in [0.4, 0.5) is 0 Å². The number of para-hydroxylation sites is 1.